The lowest BCUT2D eigenvalue weighted by Crippen LogP contribution is -2.56. The second-order valence-corrected chi connectivity index (χ2v) is 5.64. The minimum atomic E-state index is -1.04. The average molecular weight is 361 g/mol. The zero-order valence-corrected chi connectivity index (χ0v) is 13.9. The Hall–Kier alpha value is -3.43. The highest BCUT2D eigenvalue weighted by Gasteiger charge is 2.34. The lowest BCUT2D eigenvalue weighted by atomic mass is 10.1. The third-order valence-electron chi connectivity index (χ3n) is 3.79. The van der Waals surface area contributed by atoms with Gasteiger partial charge < -0.3 is 26.0 Å². The summed E-state index contributed by atoms with van der Waals surface area (Å²) in [6, 6.07) is 6.35. The van der Waals surface area contributed by atoms with Crippen LogP contribution in [0.5, 0.6) is 0 Å². The van der Waals surface area contributed by atoms with Gasteiger partial charge in [-0.2, -0.15) is 0 Å². The first kappa shape index (κ1) is 18.9. The molecule has 0 unspecified atom stereocenters. The molecule has 0 radical (unpaired) electrons. The fourth-order valence-corrected chi connectivity index (χ4v) is 2.43. The van der Waals surface area contributed by atoms with Gasteiger partial charge in [0.1, 0.15) is 12.4 Å². The van der Waals surface area contributed by atoms with E-state index in [4.69, 9.17) is 16.2 Å². The number of rotatable bonds is 7. The number of aliphatic carboxylic acids is 1. The summed E-state index contributed by atoms with van der Waals surface area (Å²) in [6.07, 6.45) is -0.220. The highest BCUT2D eigenvalue weighted by molar-refractivity contribution is 6.41. The Kier molecular flexibility index (Phi) is 5.89. The van der Waals surface area contributed by atoms with Crippen LogP contribution in [0.1, 0.15) is 12.0 Å². The van der Waals surface area contributed by atoms with Gasteiger partial charge in [0.05, 0.1) is 6.42 Å². The number of piperazine rings is 1. The Morgan fingerprint density at radius 3 is 2.38 bits per heavy atom. The number of nitrogens with two attached hydrogens (primary N) is 1. The molecule has 0 aliphatic carbocycles. The second-order valence-electron chi connectivity index (χ2n) is 5.64. The van der Waals surface area contributed by atoms with Crippen LogP contribution in [-0.2, 0) is 19.2 Å². The Morgan fingerprint density at radius 1 is 1.15 bits per heavy atom. The van der Waals surface area contributed by atoms with Crippen molar-refractivity contribution >= 4 is 35.2 Å². The maximum Gasteiger partial charge on any atom is 0.316 e. The molecule has 26 heavy (non-hydrogen) atoms. The molecule has 1 aliphatic rings. The number of nitrogens with one attached hydrogen (secondary N) is 2. The summed E-state index contributed by atoms with van der Waals surface area (Å²) in [4.78, 5) is 49.1. The number of nitrogen functional groups attached to an aromatic ring is 1. The molecule has 5 N–H and O–H groups in total. The maximum atomic E-state index is 12.3. The van der Waals surface area contributed by atoms with Crippen LogP contribution in [-0.4, -0.2) is 65.7 Å². The van der Waals surface area contributed by atoms with Crippen molar-refractivity contribution in [3.05, 3.63) is 29.8 Å². The molecule has 10 heteroatoms. The topological polar surface area (TPSA) is 157 Å². The highest BCUT2D eigenvalue weighted by atomic mass is 16.4. The van der Waals surface area contributed by atoms with E-state index < -0.39 is 23.7 Å². The van der Waals surface area contributed by atoms with E-state index in [-0.39, 0.29) is 38.4 Å². The molecule has 0 saturated carbocycles. The van der Waals surface area contributed by atoms with Gasteiger partial charge in [-0.15, -0.1) is 0 Å². The third-order valence-corrected chi connectivity index (χ3v) is 3.79. The number of nitrogens with zero attached hydrogens (tertiary/aromatic N) is 2. The highest BCUT2D eigenvalue weighted by Crippen LogP contribution is 2.18. The molecule has 10 nitrogen and oxygen atoms in total. The van der Waals surface area contributed by atoms with E-state index in [9.17, 15) is 19.2 Å². The number of hydrogen-bond donors (Lipinski definition) is 4. The molecule has 0 aromatic heterocycles. The number of carboxylic acid groups (broad SMARTS) is 1. The number of carbonyl (C=O) groups is 4. The summed E-state index contributed by atoms with van der Waals surface area (Å²) in [6.45, 7) is 0.0395. The van der Waals surface area contributed by atoms with Gasteiger partial charge in [0, 0.05) is 30.9 Å². The molecule has 0 spiro atoms. The average Bonchev–Trinajstić information content (AvgIpc) is 2.59. The second kappa shape index (κ2) is 8.10. The number of benzene rings is 1. The summed E-state index contributed by atoms with van der Waals surface area (Å²) in [5.41, 5.74) is 6.38. The molecule has 3 amide bonds. The number of amides is 3. The number of amidine groups is 1. The van der Waals surface area contributed by atoms with E-state index in [1.54, 1.807) is 24.3 Å². The van der Waals surface area contributed by atoms with Gasteiger partial charge in [-0.1, -0.05) is 0 Å². The zero-order chi connectivity index (χ0) is 19.3. The molecule has 1 aliphatic heterocycles. The van der Waals surface area contributed by atoms with Crippen LogP contribution < -0.4 is 16.0 Å². The molecule has 1 aromatic carbocycles. The summed E-state index contributed by atoms with van der Waals surface area (Å²) in [5, 5.41) is 18.3. The molecule has 1 fully saturated rings. The standard InChI is InChI=1S/C16H19N5O5/c17-14(18)10-1-3-11(4-2-10)21-8-7-20(15(25)16(21)26)9-12(22)19-6-5-13(23)24/h1-4H,5-9H2,(H3,17,18)(H,19,22)(H,23,24). The minimum Gasteiger partial charge on any atom is -0.481 e. The Morgan fingerprint density at radius 2 is 1.81 bits per heavy atom. The Labute approximate surface area is 149 Å². The first-order valence-corrected chi connectivity index (χ1v) is 7.83. The lowest BCUT2D eigenvalue weighted by Gasteiger charge is -2.33. The van der Waals surface area contributed by atoms with Crippen molar-refractivity contribution in [2.24, 2.45) is 5.73 Å². The first-order chi connectivity index (χ1) is 12.3. The third kappa shape index (κ3) is 4.56. The van der Waals surface area contributed by atoms with Crippen LogP contribution in [0.25, 0.3) is 0 Å². The molecular formula is C16H19N5O5. The van der Waals surface area contributed by atoms with E-state index in [0.29, 0.717) is 11.3 Å². The summed E-state index contributed by atoms with van der Waals surface area (Å²) in [5.74, 6) is -3.23. The van der Waals surface area contributed by atoms with Crippen LogP contribution >= 0.6 is 0 Å². The van der Waals surface area contributed by atoms with Crippen molar-refractivity contribution in [2.45, 2.75) is 6.42 Å². The van der Waals surface area contributed by atoms with Gasteiger partial charge >= 0.3 is 17.8 Å². The molecule has 1 saturated heterocycles. The summed E-state index contributed by atoms with van der Waals surface area (Å²) >= 11 is 0. The summed E-state index contributed by atoms with van der Waals surface area (Å²) in [7, 11) is 0. The van der Waals surface area contributed by atoms with E-state index >= 15 is 0 Å². The minimum absolute atomic E-state index is 0.0429. The molecule has 2 rings (SSSR count). The number of carbonyl (C=O) groups excluding carboxylic acids is 3. The smallest absolute Gasteiger partial charge is 0.316 e. The fraction of sp³-hybridized carbons (Fsp3) is 0.312. The van der Waals surface area contributed by atoms with Gasteiger partial charge in [-0.3, -0.25) is 24.6 Å². The summed E-state index contributed by atoms with van der Waals surface area (Å²) < 4.78 is 0. The van der Waals surface area contributed by atoms with Crippen molar-refractivity contribution in [1.82, 2.24) is 10.2 Å². The fourth-order valence-electron chi connectivity index (χ4n) is 2.43. The van der Waals surface area contributed by atoms with Crippen LogP contribution in [0.3, 0.4) is 0 Å². The number of carboxylic acids is 1. The number of anilines is 1. The lowest BCUT2D eigenvalue weighted by molar-refractivity contribution is -0.147. The van der Waals surface area contributed by atoms with Crippen molar-refractivity contribution in [3.63, 3.8) is 0 Å². The van der Waals surface area contributed by atoms with Crippen LogP contribution in [0.15, 0.2) is 24.3 Å². The monoisotopic (exact) mass is 361 g/mol. The Bertz CT molecular complexity index is 746. The van der Waals surface area contributed by atoms with Gasteiger partial charge in [0.15, 0.2) is 0 Å². The van der Waals surface area contributed by atoms with Crippen LogP contribution in [0.2, 0.25) is 0 Å². The van der Waals surface area contributed by atoms with Gasteiger partial charge in [0.25, 0.3) is 0 Å². The van der Waals surface area contributed by atoms with E-state index in [2.05, 4.69) is 5.32 Å². The SMILES string of the molecule is N=C(N)c1ccc(N2CCN(CC(=O)NCCC(=O)O)C(=O)C2=O)cc1. The molecular weight excluding hydrogens is 342 g/mol. The van der Waals surface area contributed by atoms with E-state index in [1.165, 1.54) is 4.90 Å². The van der Waals surface area contributed by atoms with E-state index in [0.717, 1.165) is 4.90 Å². The normalized spacial score (nSPS) is 14.3. The van der Waals surface area contributed by atoms with Crippen molar-refractivity contribution < 1.29 is 24.3 Å². The predicted molar refractivity (Wildman–Crippen MR) is 91.7 cm³/mol. The predicted octanol–water partition coefficient (Wildman–Crippen LogP) is -1.26. The van der Waals surface area contributed by atoms with Gasteiger partial charge in [0.2, 0.25) is 5.91 Å². The molecule has 0 bridgehead atoms. The molecule has 138 valence electrons. The zero-order valence-electron chi connectivity index (χ0n) is 13.9. The first-order valence-electron chi connectivity index (χ1n) is 7.83. The maximum absolute atomic E-state index is 12.3. The van der Waals surface area contributed by atoms with Gasteiger partial charge in [-0.25, -0.2) is 0 Å². The number of hydrogen-bond acceptors (Lipinski definition) is 5. The Balaban J connectivity index is 1.95. The largest absolute Gasteiger partial charge is 0.481 e. The van der Waals surface area contributed by atoms with Crippen LogP contribution in [0.4, 0.5) is 5.69 Å². The van der Waals surface area contributed by atoms with Crippen molar-refractivity contribution in [3.8, 4) is 0 Å². The molecule has 0 atom stereocenters. The quantitative estimate of drug-likeness (QED) is 0.270. The molecule has 1 aromatic rings. The van der Waals surface area contributed by atoms with Crippen molar-refractivity contribution in [2.75, 3.05) is 31.1 Å². The van der Waals surface area contributed by atoms with Gasteiger partial charge in [-0.05, 0) is 24.3 Å². The van der Waals surface area contributed by atoms with E-state index in [1.807, 2.05) is 0 Å². The van der Waals surface area contributed by atoms with Crippen molar-refractivity contribution in [1.29, 1.82) is 5.41 Å². The van der Waals surface area contributed by atoms with Crippen LogP contribution in [0, 0.1) is 5.41 Å². The molecule has 1 heterocycles.